The fourth-order valence-corrected chi connectivity index (χ4v) is 1.36. The third kappa shape index (κ3) is 2.31. The van der Waals surface area contributed by atoms with Crippen LogP contribution in [0, 0.1) is 0 Å². The normalized spacial score (nSPS) is 16.9. The lowest BCUT2D eigenvalue weighted by Crippen LogP contribution is -2.12. The second-order valence-electron chi connectivity index (χ2n) is 3.18. The van der Waals surface area contributed by atoms with Gasteiger partial charge in [0, 0.05) is 25.9 Å². The molecule has 0 bridgehead atoms. The Kier molecular flexibility index (Phi) is 3.23. The van der Waals surface area contributed by atoms with E-state index in [0.717, 1.165) is 5.57 Å². The van der Waals surface area contributed by atoms with Crippen molar-refractivity contribution in [2.75, 3.05) is 7.05 Å². The Morgan fingerprint density at radius 1 is 1.50 bits per heavy atom. The molecule has 0 N–H and O–H groups in total. The van der Waals surface area contributed by atoms with Crippen molar-refractivity contribution in [2.24, 2.45) is 0 Å². The lowest BCUT2D eigenvalue weighted by molar-refractivity contribution is 0.149. The highest BCUT2D eigenvalue weighted by atomic mass is 19.3. The van der Waals surface area contributed by atoms with Gasteiger partial charge in [-0.2, -0.15) is 0 Å². The van der Waals surface area contributed by atoms with E-state index in [9.17, 15) is 8.78 Å². The van der Waals surface area contributed by atoms with Crippen molar-refractivity contribution in [3.8, 4) is 0 Å². The first kappa shape index (κ1) is 10.7. The number of hydrogen-bond donors (Lipinski definition) is 0. The molecule has 0 atom stereocenters. The quantitative estimate of drug-likeness (QED) is 0.672. The summed E-state index contributed by atoms with van der Waals surface area (Å²) in [7, 11) is 1.79. The van der Waals surface area contributed by atoms with Gasteiger partial charge >= 0.3 is 0 Å². The Bertz CT molecular complexity index is 313. The molecule has 1 nitrogen and oxygen atoms in total. The van der Waals surface area contributed by atoms with Crippen molar-refractivity contribution in [1.82, 2.24) is 4.90 Å². The fraction of sp³-hybridized carbons (Fsp3) is 0.273. The first-order valence-corrected chi connectivity index (χ1v) is 4.29. The molecule has 0 spiro atoms. The first-order valence-electron chi connectivity index (χ1n) is 4.29. The van der Waals surface area contributed by atoms with Crippen molar-refractivity contribution in [2.45, 2.75) is 12.8 Å². The van der Waals surface area contributed by atoms with Gasteiger partial charge in [0.15, 0.2) is 0 Å². The number of halogens is 2. The van der Waals surface area contributed by atoms with E-state index in [1.54, 1.807) is 24.2 Å². The van der Waals surface area contributed by atoms with Crippen molar-refractivity contribution in [1.29, 1.82) is 0 Å². The van der Waals surface area contributed by atoms with Crippen LogP contribution >= 0.6 is 0 Å². The molecule has 1 rings (SSSR count). The molecule has 0 fully saturated rings. The van der Waals surface area contributed by atoms with Crippen LogP contribution in [0.4, 0.5) is 8.78 Å². The summed E-state index contributed by atoms with van der Waals surface area (Å²) < 4.78 is 24.4. The Labute approximate surface area is 82.7 Å². The number of alkyl halides is 2. The summed E-state index contributed by atoms with van der Waals surface area (Å²) >= 11 is 0. The van der Waals surface area contributed by atoms with Gasteiger partial charge in [0.2, 0.25) is 6.43 Å². The molecule has 0 amide bonds. The average molecular weight is 197 g/mol. The topological polar surface area (TPSA) is 3.24 Å². The zero-order chi connectivity index (χ0) is 10.7. The van der Waals surface area contributed by atoms with Gasteiger partial charge in [-0.15, -0.1) is 0 Å². The molecule has 0 unspecified atom stereocenters. The van der Waals surface area contributed by atoms with Crippen LogP contribution in [0.5, 0.6) is 0 Å². The SMILES string of the molecule is C=CC1=CN(C)C=C(CC(F)F)C1=C. The highest BCUT2D eigenvalue weighted by molar-refractivity contribution is 5.51. The first-order chi connectivity index (χ1) is 6.54. The summed E-state index contributed by atoms with van der Waals surface area (Å²) in [5, 5.41) is 0. The van der Waals surface area contributed by atoms with Gasteiger partial charge in [0.1, 0.15) is 0 Å². The minimum Gasteiger partial charge on any atom is -0.356 e. The molecule has 0 saturated heterocycles. The van der Waals surface area contributed by atoms with Gasteiger partial charge in [-0.1, -0.05) is 19.2 Å². The summed E-state index contributed by atoms with van der Waals surface area (Å²) in [6.07, 6.45) is 2.51. The molecule has 3 heteroatoms. The van der Waals surface area contributed by atoms with Crippen molar-refractivity contribution in [3.05, 3.63) is 48.4 Å². The van der Waals surface area contributed by atoms with Crippen LogP contribution in [0.1, 0.15) is 6.42 Å². The molecule has 14 heavy (non-hydrogen) atoms. The van der Waals surface area contributed by atoms with E-state index in [2.05, 4.69) is 13.2 Å². The van der Waals surface area contributed by atoms with Crippen molar-refractivity contribution in [3.63, 3.8) is 0 Å². The Hall–Kier alpha value is -1.38. The van der Waals surface area contributed by atoms with Gasteiger partial charge in [-0.05, 0) is 16.7 Å². The minimum atomic E-state index is -2.34. The molecule has 0 aliphatic carbocycles. The Morgan fingerprint density at radius 2 is 2.14 bits per heavy atom. The molecule has 76 valence electrons. The maximum atomic E-state index is 12.2. The zero-order valence-corrected chi connectivity index (χ0v) is 8.13. The van der Waals surface area contributed by atoms with E-state index in [4.69, 9.17) is 0 Å². The Balaban J connectivity index is 2.87. The van der Waals surface area contributed by atoms with E-state index < -0.39 is 6.43 Å². The standard InChI is InChI=1S/C11H13F2N/c1-4-9-6-14(3)7-10(8(9)2)5-11(12)13/h4,6-7,11H,1-2,5H2,3H3. The number of nitrogens with zero attached hydrogens (tertiary/aromatic N) is 1. The maximum Gasteiger partial charge on any atom is 0.242 e. The summed E-state index contributed by atoms with van der Waals surface area (Å²) in [5.74, 6) is 0. The molecule has 1 aliphatic rings. The maximum absolute atomic E-state index is 12.2. The molecule has 1 heterocycles. The average Bonchev–Trinajstić information content (AvgIpc) is 2.09. The highest BCUT2D eigenvalue weighted by Gasteiger charge is 2.16. The smallest absolute Gasteiger partial charge is 0.242 e. The third-order valence-corrected chi connectivity index (χ3v) is 2.03. The second kappa shape index (κ2) is 4.22. The minimum absolute atomic E-state index is 0.256. The van der Waals surface area contributed by atoms with E-state index in [1.807, 2.05) is 6.20 Å². The lowest BCUT2D eigenvalue weighted by atomic mass is 9.96. The van der Waals surface area contributed by atoms with Crippen LogP contribution in [0.2, 0.25) is 0 Å². The number of hydrogen-bond acceptors (Lipinski definition) is 1. The predicted octanol–water partition coefficient (Wildman–Crippen LogP) is 3.10. The van der Waals surface area contributed by atoms with E-state index in [0.29, 0.717) is 11.1 Å². The molecule has 0 aromatic heterocycles. The highest BCUT2D eigenvalue weighted by Crippen LogP contribution is 2.28. The fourth-order valence-electron chi connectivity index (χ4n) is 1.36. The lowest BCUT2D eigenvalue weighted by Gasteiger charge is -2.22. The van der Waals surface area contributed by atoms with E-state index in [1.165, 1.54) is 0 Å². The molecule has 0 radical (unpaired) electrons. The van der Waals surface area contributed by atoms with Gasteiger partial charge in [-0.3, -0.25) is 0 Å². The molecule has 0 aromatic carbocycles. The zero-order valence-electron chi connectivity index (χ0n) is 8.13. The predicted molar refractivity (Wildman–Crippen MR) is 53.9 cm³/mol. The molecule has 0 aromatic rings. The monoisotopic (exact) mass is 197 g/mol. The molecule has 1 aliphatic heterocycles. The van der Waals surface area contributed by atoms with Gasteiger partial charge < -0.3 is 4.90 Å². The van der Waals surface area contributed by atoms with Crippen molar-refractivity contribution >= 4 is 0 Å². The van der Waals surface area contributed by atoms with Crippen LogP contribution in [-0.2, 0) is 0 Å². The van der Waals surface area contributed by atoms with Crippen LogP contribution in [-0.4, -0.2) is 18.4 Å². The van der Waals surface area contributed by atoms with Gasteiger partial charge in [0.05, 0.1) is 0 Å². The molecule has 0 saturated carbocycles. The van der Waals surface area contributed by atoms with Crippen LogP contribution < -0.4 is 0 Å². The number of rotatable bonds is 3. The molecular weight excluding hydrogens is 184 g/mol. The summed E-state index contributed by atoms with van der Waals surface area (Å²) in [4.78, 5) is 1.74. The van der Waals surface area contributed by atoms with Gasteiger partial charge in [-0.25, -0.2) is 8.78 Å². The summed E-state index contributed by atoms with van der Waals surface area (Å²) in [6, 6.07) is 0. The van der Waals surface area contributed by atoms with Gasteiger partial charge in [0.25, 0.3) is 0 Å². The number of allylic oxidation sites excluding steroid dienone is 4. The summed E-state index contributed by atoms with van der Waals surface area (Å²) in [5.41, 5.74) is 2.00. The largest absolute Gasteiger partial charge is 0.356 e. The van der Waals surface area contributed by atoms with E-state index in [-0.39, 0.29) is 6.42 Å². The van der Waals surface area contributed by atoms with Crippen LogP contribution in [0.3, 0.4) is 0 Å². The van der Waals surface area contributed by atoms with E-state index >= 15 is 0 Å². The third-order valence-electron chi connectivity index (χ3n) is 2.03. The summed E-state index contributed by atoms with van der Waals surface area (Å²) in [6.45, 7) is 7.38. The van der Waals surface area contributed by atoms with Crippen LogP contribution in [0.25, 0.3) is 0 Å². The molecular formula is C11H13F2N. The van der Waals surface area contributed by atoms with Crippen molar-refractivity contribution < 1.29 is 8.78 Å². The Morgan fingerprint density at radius 3 is 2.64 bits per heavy atom. The second-order valence-corrected chi connectivity index (χ2v) is 3.18. The van der Waals surface area contributed by atoms with Crippen LogP contribution in [0.15, 0.2) is 48.4 Å².